The summed E-state index contributed by atoms with van der Waals surface area (Å²) in [5.74, 6) is -0.991. The minimum absolute atomic E-state index is 0.0754. The fourth-order valence-corrected chi connectivity index (χ4v) is 2.32. The van der Waals surface area contributed by atoms with Crippen molar-refractivity contribution < 1.29 is 18.7 Å². The van der Waals surface area contributed by atoms with Gasteiger partial charge >= 0.3 is 5.97 Å². The van der Waals surface area contributed by atoms with E-state index >= 15 is 0 Å². The fourth-order valence-electron chi connectivity index (χ4n) is 2.32. The molecule has 1 aromatic heterocycles. The summed E-state index contributed by atoms with van der Waals surface area (Å²) in [6.07, 6.45) is -0.939. The molecular weight excluding hydrogens is 306 g/mol. The Morgan fingerprint density at radius 1 is 1.08 bits per heavy atom. The van der Waals surface area contributed by atoms with Gasteiger partial charge in [0.25, 0.3) is 5.91 Å². The monoisotopic (exact) mass is 323 g/mol. The van der Waals surface area contributed by atoms with Crippen LogP contribution in [0, 0.1) is 6.92 Å². The zero-order valence-electron chi connectivity index (χ0n) is 13.4. The Morgan fingerprint density at radius 2 is 1.88 bits per heavy atom. The quantitative estimate of drug-likeness (QED) is 0.739. The van der Waals surface area contributed by atoms with Gasteiger partial charge in [0.15, 0.2) is 6.10 Å². The number of amides is 1. The van der Waals surface area contributed by atoms with Gasteiger partial charge in [-0.2, -0.15) is 0 Å². The molecule has 1 N–H and O–H groups in total. The first-order valence-electron chi connectivity index (χ1n) is 7.60. The van der Waals surface area contributed by atoms with Crippen molar-refractivity contribution in [2.24, 2.45) is 0 Å². The third-order valence-corrected chi connectivity index (χ3v) is 3.57. The van der Waals surface area contributed by atoms with E-state index in [1.165, 1.54) is 6.92 Å². The molecule has 0 radical (unpaired) electrons. The van der Waals surface area contributed by atoms with Crippen molar-refractivity contribution in [2.75, 3.05) is 5.32 Å². The first-order valence-corrected chi connectivity index (χ1v) is 7.60. The molecule has 24 heavy (non-hydrogen) atoms. The molecule has 5 heteroatoms. The van der Waals surface area contributed by atoms with Crippen LogP contribution in [0.3, 0.4) is 0 Å². The predicted molar refractivity (Wildman–Crippen MR) is 90.9 cm³/mol. The summed E-state index contributed by atoms with van der Waals surface area (Å²) in [5.41, 5.74) is 2.28. The second kappa shape index (κ2) is 6.58. The Bertz CT molecular complexity index is 864. The van der Waals surface area contributed by atoms with Gasteiger partial charge in [-0.25, -0.2) is 4.79 Å². The van der Waals surface area contributed by atoms with Crippen LogP contribution in [-0.4, -0.2) is 18.0 Å². The number of para-hydroxylation sites is 1. The molecule has 0 saturated carbocycles. The van der Waals surface area contributed by atoms with Crippen molar-refractivity contribution in [2.45, 2.75) is 20.0 Å². The lowest BCUT2D eigenvalue weighted by molar-refractivity contribution is -0.123. The lowest BCUT2D eigenvalue weighted by atomic mass is 10.2. The standard InChI is InChI=1S/C19H17NO4/c1-12-6-5-8-15(10-12)20-18(21)13(2)23-19(22)17-11-14-7-3-4-9-16(14)24-17/h3-11,13H,1-2H3,(H,20,21)/t13-/m0/s1. The Labute approximate surface area is 139 Å². The summed E-state index contributed by atoms with van der Waals surface area (Å²) in [6.45, 7) is 3.45. The summed E-state index contributed by atoms with van der Waals surface area (Å²) in [4.78, 5) is 24.3. The van der Waals surface area contributed by atoms with Crippen molar-refractivity contribution in [1.82, 2.24) is 0 Å². The molecule has 0 unspecified atom stereocenters. The van der Waals surface area contributed by atoms with Crippen molar-refractivity contribution in [3.05, 3.63) is 65.9 Å². The van der Waals surface area contributed by atoms with E-state index in [1.807, 2.05) is 43.3 Å². The molecule has 0 aliphatic carbocycles. The number of anilines is 1. The summed E-state index contributed by atoms with van der Waals surface area (Å²) in [7, 11) is 0. The minimum atomic E-state index is -0.939. The number of hydrogen-bond acceptors (Lipinski definition) is 4. The van der Waals surface area contributed by atoms with Crippen molar-refractivity contribution in [3.63, 3.8) is 0 Å². The summed E-state index contributed by atoms with van der Waals surface area (Å²) in [6, 6.07) is 16.3. The molecule has 0 saturated heterocycles. The van der Waals surface area contributed by atoms with Crippen molar-refractivity contribution in [1.29, 1.82) is 0 Å². The second-order valence-corrected chi connectivity index (χ2v) is 5.55. The zero-order valence-corrected chi connectivity index (χ0v) is 13.4. The number of carbonyl (C=O) groups is 2. The fraction of sp³-hybridized carbons (Fsp3) is 0.158. The summed E-state index contributed by atoms with van der Waals surface area (Å²) >= 11 is 0. The normalized spacial score (nSPS) is 11.9. The highest BCUT2D eigenvalue weighted by Crippen LogP contribution is 2.20. The number of nitrogens with one attached hydrogen (secondary N) is 1. The van der Waals surface area contributed by atoms with E-state index in [0.29, 0.717) is 11.3 Å². The molecule has 122 valence electrons. The lowest BCUT2D eigenvalue weighted by Crippen LogP contribution is -2.29. The molecule has 1 heterocycles. The number of hydrogen-bond donors (Lipinski definition) is 1. The summed E-state index contributed by atoms with van der Waals surface area (Å²) < 4.78 is 10.6. The predicted octanol–water partition coefficient (Wildman–Crippen LogP) is 3.93. The average molecular weight is 323 g/mol. The van der Waals surface area contributed by atoms with Gasteiger partial charge in [0.2, 0.25) is 5.76 Å². The molecule has 0 aliphatic rings. The van der Waals surface area contributed by atoms with Gasteiger partial charge in [-0.3, -0.25) is 4.79 Å². The zero-order chi connectivity index (χ0) is 17.1. The van der Waals surface area contributed by atoms with Gasteiger partial charge < -0.3 is 14.5 Å². The first kappa shape index (κ1) is 15.8. The number of benzene rings is 2. The van der Waals surface area contributed by atoms with Gasteiger partial charge in [0.1, 0.15) is 5.58 Å². The van der Waals surface area contributed by atoms with Crippen LogP contribution in [0.4, 0.5) is 5.69 Å². The highest BCUT2D eigenvalue weighted by atomic mass is 16.6. The lowest BCUT2D eigenvalue weighted by Gasteiger charge is -2.13. The largest absolute Gasteiger partial charge is 0.449 e. The van der Waals surface area contributed by atoms with Gasteiger partial charge in [-0.05, 0) is 43.7 Å². The van der Waals surface area contributed by atoms with Crippen LogP contribution in [-0.2, 0) is 9.53 Å². The van der Waals surface area contributed by atoms with Crippen molar-refractivity contribution in [3.8, 4) is 0 Å². The van der Waals surface area contributed by atoms with Crippen LogP contribution in [0.25, 0.3) is 11.0 Å². The Kier molecular flexibility index (Phi) is 4.33. The van der Waals surface area contributed by atoms with E-state index in [2.05, 4.69) is 5.32 Å². The van der Waals surface area contributed by atoms with Crippen LogP contribution in [0.15, 0.2) is 59.0 Å². The Balaban J connectivity index is 1.65. The highest BCUT2D eigenvalue weighted by Gasteiger charge is 2.21. The number of ether oxygens (including phenoxy) is 1. The third kappa shape index (κ3) is 3.46. The molecule has 3 rings (SSSR count). The maximum Gasteiger partial charge on any atom is 0.375 e. The topological polar surface area (TPSA) is 68.5 Å². The number of esters is 1. The van der Waals surface area contributed by atoms with E-state index in [1.54, 1.807) is 18.2 Å². The average Bonchev–Trinajstić information content (AvgIpc) is 2.99. The van der Waals surface area contributed by atoms with Crippen LogP contribution in [0.2, 0.25) is 0 Å². The van der Waals surface area contributed by atoms with E-state index < -0.39 is 18.0 Å². The molecule has 1 atom stereocenters. The number of fused-ring (bicyclic) bond motifs is 1. The van der Waals surface area contributed by atoms with Gasteiger partial charge in [-0.15, -0.1) is 0 Å². The molecule has 0 fully saturated rings. The molecule has 0 bridgehead atoms. The maximum atomic E-state index is 12.1. The van der Waals surface area contributed by atoms with Crippen LogP contribution < -0.4 is 5.32 Å². The molecule has 0 aliphatic heterocycles. The SMILES string of the molecule is Cc1cccc(NC(=O)[C@H](C)OC(=O)c2cc3ccccc3o2)c1. The van der Waals surface area contributed by atoms with Gasteiger partial charge in [0.05, 0.1) is 0 Å². The van der Waals surface area contributed by atoms with E-state index in [-0.39, 0.29) is 5.76 Å². The third-order valence-electron chi connectivity index (χ3n) is 3.57. The molecule has 1 amide bonds. The molecule has 0 spiro atoms. The van der Waals surface area contributed by atoms with E-state index in [4.69, 9.17) is 9.15 Å². The molecule has 5 nitrogen and oxygen atoms in total. The second-order valence-electron chi connectivity index (χ2n) is 5.55. The van der Waals surface area contributed by atoms with Gasteiger partial charge in [-0.1, -0.05) is 30.3 Å². The van der Waals surface area contributed by atoms with Crippen LogP contribution in [0.1, 0.15) is 23.0 Å². The number of furan rings is 1. The van der Waals surface area contributed by atoms with Crippen LogP contribution >= 0.6 is 0 Å². The molecule has 2 aromatic carbocycles. The molecule has 3 aromatic rings. The van der Waals surface area contributed by atoms with E-state index in [9.17, 15) is 9.59 Å². The number of rotatable bonds is 4. The molecular formula is C19H17NO4. The first-order chi connectivity index (χ1) is 11.5. The minimum Gasteiger partial charge on any atom is -0.449 e. The number of carbonyl (C=O) groups excluding carboxylic acids is 2. The van der Waals surface area contributed by atoms with Gasteiger partial charge in [0, 0.05) is 11.1 Å². The maximum absolute atomic E-state index is 12.1. The smallest absolute Gasteiger partial charge is 0.375 e. The summed E-state index contributed by atoms with van der Waals surface area (Å²) in [5, 5.41) is 3.53. The van der Waals surface area contributed by atoms with Crippen LogP contribution in [0.5, 0.6) is 0 Å². The Hall–Kier alpha value is -3.08. The Morgan fingerprint density at radius 3 is 2.62 bits per heavy atom. The van der Waals surface area contributed by atoms with E-state index in [0.717, 1.165) is 10.9 Å². The van der Waals surface area contributed by atoms with Crippen molar-refractivity contribution >= 4 is 28.5 Å². The number of aryl methyl sites for hydroxylation is 1. The highest BCUT2D eigenvalue weighted by molar-refractivity contribution is 5.98.